The molecule has 4 amide bonds. The summed E-state index contributed by atoms with van der Waals surface area (Å²) in [6.07, 6.45) is 2.31. The van der Waals surface area contributed by atoms with Gasteiger partial charge in [-0.25, -0.2) is 4.79 Å². The lowest BCUT2D eigenvalue weighted by Crippen LogP contribution is -2.46. The number of carbonyl (C=O) groups excluding carboxylic acids is 4. The van der Waals surface area contributed by atoms with Crippen molar-refractivity contribution in [1.29, 1.82) is 5.26 Å². The molecule has 0 aliphatic carbocycles. The molecular formula is C23H27N5O6. The number of imide groups is 1. The quantitative estimate of drug-likeness (QED) is 0.423. The molecule has 1 fully saturated rings. The monoisotopic (exact) mass is 469 g/mol. The van der Waals surface area contributed by atoms with Crippen molar-refractivity contribution in [2.75, 3.05) is 18.5 Å². The number of rotatable bonds is 9. The van der Waals surface area contributed by atoms with E-state index < -0.39 is 42.5 Å². The second kappa shape index (κ2) is 9.82. The summed E-state index contributed by atoms with van der Waals surface area (Å²) in [5, 5.41) is 14.8. The number of ether oxygens (including phenoxy) is 1. The molecule has 180 valence electrons. The Hall–Kier alpha value is -4.07. The van der Waals surface area contributed by atoms with E-state index in [4.69, 9.17) is 9.15 Å². The van der Waals surface area contributed by atoms with E-state index in [0.717, 1.165) is 10.6 Å². The first-order valence-corrected chi connectivity index (χ1v) is 10.9. The largest absolute Gasteiger partial charge is 0.467 e. The summed E-state index contributed by atoms with van der Waals surface area (Å²) in [5.74, 6) is -1.17. The maximum atomic E-state index is 12.6. The van der Waals surface area contributed by atoms with Crippen LogP contribution in [0.2, 0.25) is 0 Å². The molecule has 0 aromatic carbocycles. The lowest BCUT2D eigenvalue weighted by Gasteiger charge is -2.22. The molecule has 3 rings (SSSR count). The highest BCUT2D eigenvalue weighted by Crippen LogP contribution is 2.28. The van der Waals surface area contributed by atoms with Crippen LogP contribution in [0.1, 0.15) is 49.3 Å². The van der Waals surface area contributed by atoms with Crippen LogP contribution >= 0.6 is 0 Å². The van der Waals surface area contributed by atoms with Gasteiger partial charge in [0.2, 0.25) is 0 Å². The molecule has 2 N–H and O–H groups in total. The fourth-order valence-electron chi connectivity index (χ4n) is 3.92. The summed E-state index contributed by atoms with van der Waals surface area (Å²) in [7, 11) is 0. The van der Waals surface area contributed by atoms with Gasteiger partial charge in [-0.1, -0.05) is 13.8 Å². The molecule has 11 heteroatoms. The Morgan fingerprint density at radius 3 is 2.53 bits per heavy atom. The van der Waals surface area contributed by atoms with Crippen molar-refractivity contribution < 1.29 is 28.3 Å². The number of furan rings is 1. The summed E-state index contributed by atoms with van der Waals surface area (Å²) in [6.45, 7) is 6.18. The van der Waals surface area contributed by atoms with Crippen molar-refractivity contribution in [3.63, 3.8) is 0 Å². The summed E-state index contributed by atoms with van der Waals surface area (Å²) in [6, 6.07) is 4.93. The number of hydrogen-bond donors (Lipinski definition) is 2. The van der Waals surface area contributed by atoms with E-state index in [1.165, 1.54) is 6.26 Å². The average Bonchev–Trinajstić information content (AvgIpc) is 3.48. The topological polar surface area (TPSA) is 147 Å². The Kier molecular flexibility index (Phi) is 7.10. The van der Waals surface area contributed by atoms with Gasteiger partial charge in [-0.2, -0.15) is 5.26 Å². The molecular weight excluding hydrogens is 442 g/mol. The van der Waals surface area contributed by atoms with Gasteiger partial charge < -0.3 is 24.4 Å². The first kappa shape index (κ1) is 24.6. The Labute approximate surface area is 196 Å². The second-order valence-corrected chi connectivity index (χ2v) is 8.03. The van der Waals surface area contributed by atoms with Crippen LogP contribution in [0.15, 0.2) is 22.8 Å². The summed E-state index contributed by atoms with van der Waals surface area (Å²) in [4.78, 5) is 50.3. The highest BCUT2D eigenvalue weighted by Gasteiger charge is 2.49. The first-order chi connectivity index (χ1) is 16.2. The van der Waals surface area contributed by atoms with Crippen molar-refractivity contribution in [3.05, 3.63) is 41.0 Å². The highest BCUT2D eigenvalue weighted by molar-refractivity contribution is 6.08. The molecule has 0 unspecified atom stereocenters. The third-order valence-electron chi connectivity index (χ3n) is 6.20. The van der Waals surface area contributed by atoms with Gasteiger partial charge in [0.15, 0.2) is 6.61 Å². The van der Waals surface area contributed by atoms with Crippen LogP contribution in [0.4, 0.5) is 10.6 Å². The van der Waals surface area contributed by atoms with Crippen molar-refractivity contribution in [2.24, 2.45) is 0 Å². The van der Waals surface area contributed by atoms with Crippen LogP contribution in [-0.4, -0.2) is 52.0 Å². The standard InChI is InChI=1S/C23H27N5O6/c1-5-23(6-2)21(31)28(22(32)26-23)12-19(30)34-13-18(29)25-20-17(10-24)14(3)15(4)27(20)11-16-8-7-9-33-16/h7-9H,5-6,11-13H2,1-4H3,(H,25,29)(H,26,32). The van der Waals surface area contributed by atoms with Crippen molar-refractivity contribution in [2.45, 2.75) is 52.6 Å². The van der Waals surface area contributed by atoms with Crippen molar-refractivity contribution in [1.82, 2.24) is 14.8 Å². The summed E-state index contributed by atoms with van der Waals surface area (Å²) < 4.78 is 12.1. The fourth-order valence-corrected chi connectivity index (χ4v) is 3.92. The molecule has 3 heterocycles. The predicted octanol–water partition coefficient (Wildman–Crippen LogP) is 2.21. The number of esters is 1. The number of nitrogens with one attached hydrogen (secondary N) is 2. The normalized spacial score (nSPS) is 14.6. The van der Waals surface area contributed by atoms with Gasteiger partial charge in [-0.3, -0.25) is 19.3 Å². The van der Waals surface area contributed by atoms with E-state index in [1.54, 1.807) is 37.5 Å². The lowest BCUT2D eigenvalue weighted by atomic mass is 9.93. The van der Waals surface area contributed by atoms with E-state index in [1.807, 2.05) is 6.92 Å². The van der Waals surface area contributed by atoms with Gasteiger partial charge in [0.1, 0.15) is 29.7 Å². The molecule has 34 heavy (non-hydrogen) atoms. The number of amides is 4. The van der Waals surface area contributed by atoms with Gasteiger partial charge in [0.05, 0.1) is 18.4 Å². The van der Waals surface area contributed by atoms with Gasteiger partial charge in [-0.05, 0) is 44.4 Å². The van der Waals surface area contributed by atoms with Gasteiger partial charge in [0, 0.05) is 5.69 Å². The highest BCUT2D eigenvalue weighted by atomic mass is 16.5. The number of nitriles is 1. The van der Waals surface area contributed by atoms with Gasteiger partial charge >= 0.3 is 12.0 Å². The molecule has 1 aliphatic rings. The molecule has 2 aromatic rings. The van der Waals surface area contributed by atoms with Gasteiger partial charge in [-0.15, -0.1) is 0 Å². The third kappa shape index (κ3) is 4.52. The summed E-state index contributed by atoms with van der Waals surface area (Å²) >= 11 is 0. The zero-order valence-electron chi connectivity index (χ0n) is 19.6. The number of nitrogens with zero attached hydrogens (tertiary/aromatic N) is 3. The number of anilines is 1. The minimum absolute atomic E-state index is 0.264. The lowest BCUT2D eigenvalue weighted by molar-refractivity contribution is -0.150. The predicted molar refractivity (Wildman–Crippen MR) is 120 cm³/mol. The minimum Gasteiger partial charge on any atom is -0.467 e. The van der Waals surface area contributed by atoms with Crippen LogP contribution in [0.25, 0.3) is 0 Å². The van der Waals surface area contributed by atoms with Gasteiger partial charge in [0.25, 0.3) is 11.8 Å². The molecule has 0 saturated carbocycles. The maximum Gasteiger partial charge on any atom is 0.326 e. The van der Waals surface area contributed by atoms with E-state index in [0.29, 0.717) is 36.3 Å². The SMILES string of the molecule is CCC1(CC)NC(=O)N(CC(=O)OCC(=O)Nc2c(C#N)c(C)c(C)n2Cc2ccco2)C1=O. The molecule has 0 radical (unpaired) electrons. The number of hydrogen-bond acceptors (Lipinski definition) is 7. The Bertz CT molecular complexity index is 1150. The third-order valence-corrected chi connectivity index (χ3v) is 6.20. The smallest absolute Gasteiger partial charge is 0.326 e. The zero-order valence-corrected chi connectivity index (χ0v) is 19.6. The van der Waals surface area contributed by atoms with Crippen LogP contribution in [0.5, 0.6) is 0 Å². The van der Waals surface area contributed by atoms with E-state index in [9.17, 15) is 24.4 Å². The maximum absolute atomic E-state index is 12.6. The number of urea groups is 1. The molecule has 0 bridgehead atoms. The average molecular weight is 469 g/mol. The zero-order chi connectivity index (χ0) is 25.0. The Balaban J connectivity index is 1.65. The molecule has 0 atom stereocenters. The van der Waals surface area contributed by atoms with Crippen LogP contribution in [0, 0.1) is 25.2 Å². The minimum atomic E-state index is -1.03. The van der Waals surface area contributed by atoms with Crippen LogP contribution in [0.3, 0.4) is 0 Å². The molecule has 0 spiro atoms. The van der Waals surface area contributed by atoms with E-state index in [-0.39, 0.29) is 5.82 Å². The number of aromatic nitrogens is 1. The Morgan fingerprint density at radius 2 is 1.97 bits per heavy atom. The van der Waals surface area contributed by atoms with Crippen LogP contribution < -0.4 is 10.6 Å². The fraction of sp³-hybridized carbons (Fsp3) is 0.435. The molecule has 2 aromatic heterocycles. The number of carbonyl (C=O) groups is 4. The summed E-state index contributed by atoms with van der Waals surface area (Å²) in [5.41, 5.74) is 0.736. The molecule has 1 saturated heterocycles. The van der Waals surface area contributed by atoms with E-state index in [2.05, 4.69) is 16.7 Å². The first-order valence-electron chi connectivity index (χ1n) is 10.9. The van der Waals surface area contributed by atoms with Crippen molar-refractivity contribution >= 4 is 29.6 Å². The Morgan fingerprint density at radius 1 is 1.26 bits per heavy atom. The molecule has 1 aliphatic heterocycles. The molecule has 11 nitrogen and oxygen atoms in total. The van der Waals surface area contributed by atoms with E-state index >= 15 is 0 Å². The van der Waals surface area contributed by atoms with Crippen molar-refractivity contribution in [3.8, 4) is 6.07 Å². The second-order valence-electron chi connectivity index (χ2n) is 8.03. The van der Waals surface area contributed by atoms with Crippen LogP contribution in [-0.2, 0) is 25.7 Å².